The van der Waals surface area contributed by atoms with E-state index >= 15 is 0 Å². The highest BCUT2D eigenvalue weighted by Gasteiger charge is 2.16. The molecule has 0 saturated carbocycles. The molecule has 1 unspecified atom stereocenters. The van der Waals surface area contributed by atoms with E-state index in [1.807, 2.05) is 11.5 Å². The van der Waals surface area contributed by atoms with Gasteiger partial charge in [-0.25, -0.2) is 0 Å². The first-order chi connectivity index (χ1) is 8.62. The maximum atomic E-state index is 12.1. The van der Waals surface area contributed by atoms with Gasteiger partial charge in [0.05, 0.1) is 5.02 Å². The molecule has 0 bridgehead atoms. The van der Waals surface area contributed by atoms with Crippen LogP contribution >= 0.6 is 11.6 Å². The predicted octanol–water partition coefficient (Wildman–Crippen LogP) is 2.41. The lowest BCUT2D eigenvalue weighted by molar-refractivity contribution is 0.0926. The lowest BCUT2D eigenvalue weighted by atomic mass is 10.1. The molecule has 0 saturated heterocycles. The third-order valence-corrected chi connectivity index (χ3v) is 3.17. The van der Waals surface area contributed by atoms with E-state index in [1.54, 1.807) is 12.3 Å². The summed E-state index contributed by atoms with van der Waals surface area (Å²) >= 11 is 5.92. The zero-order chi connectivity index (χ0) is 13.5. The number of hydrogen-bond donors (Lipinski definition) is 2. The van der Waals surface area contributed by atoms with Crippen LogP contribution < -0.4 is 11.1 Å². The summed E-state index contributed by atoms with van der Waals surface area (Å²) in [6.07, 6.45) is 4.85. The number of hydrogen-bond acceptors (Lipinski definition) is 2. The first kappa shape index (κ1) is 15.1. The van der Waals surface area contributed by atoms with E-state index in [9.17, 15) is 4.79 Å². The molecule has 1 atom stereocenters. The highest BCUT2D eigenvalue weighted by atomic mass is 35.5. The molecule has 0 aliphatic carbocycles. The minimum absolute atomic E-state index is 0.0384. The number of aromatic nitrogens is 1. The maximum Gasteiger partial charge on any atom is 0.268 e. The zero-order valence-corrected chi connectivity index (χ0v) is 11.8. The summed E-state index contributed by atoms with van der Waals surface area (Å²) < 4.78 is 1.84. The minimum atomic E-state index is -0.102. The quantitative estimate of drug-likeness (QED) is 0.800. The van der Waals surface area contributed by atoms with Crippen molar-refractivity contribution in [2.45, 2.75) is 45.7 Å². The number of unbranched alkanes of at least 4 members (excludes halogenated alkanes) is 1. The lowest BCUT2D eigenvalue weighted by Gasteiger charge is -2.17. The lowest BCUT2D eigenvalue weighted by Crippen LogP contribution is -2.40. The number of amides is 1. The normalized spacial score (nSPS) is 12.4. The summed E-state index contributed by atoms with van der Waals surface area (Å²) in [6, 6.07) is 1.73. The average molecular weight is 272 g/mol. The number of nitrogens with zero attached hydrogens (tertiary/aromatic N) is 1. The number of carbonyl (C=O) groups excluding carboxylic acids is 1. The summed E-state index contributed by atoms with van der Waals surface area (Å²) in [5.74, 6) is -0.102. The van der Waals surface area contributed by atoms with Crippen molar-refractivity contribution < 1.29 is 4.79 Å². The van der Waals surface area contributed by atoms with Crippen molar-refractivity contribution in [2.24, 2.45) is 5.73 Å². The zero-order valence-electron chi connectivity index (χ0n) is 11.1. The van der Waals surface area contributed by atoms with Gasteiger partial charge in [-0.1, -0.05) is 31.4 Å². The Morgan fingerprint density at radius 1 is 1.56 bits per heavy atom. The van der Waals surface area contributed by atoms with Crippen LogP contribution in [0.2, 0.25) is 5.02 Å². The molecule has 1 aromatic rings. The SMILES string of the molecule is CCCCC(CN)NC(=O)c1cc(Cl)cn1CC. The van der Waals surface area contributed by atoms with E-state index in [-0.39, 0.29) is 11.9 Å². The number of aryl methyl sites for hydroxylation is 1. The molecule has 1 aromatic heterocycles. The molecular weight excluding hydrogens is 250 g/mol. The van der Waals surface area contributed by atoms with Gasteiger partial charge < -0.3 is 15.6 Å². The van der Waals surface area contributed by atoms with Gasteiger partial charge in [0.15, 0.2) is 0 Å². The Bertz CT molecular complexity index is 390. The summed E-state index contributed by atoms with van der Waals surface area (Å²) in [4.78, 5) is 12.1. The molecule has 4 nitrogen and oxygen atoms in total. The van der Waals surface area contributed by atoms with Crippen molar-refractivity contribution in [1.29, 1.82) is 0 Å². The van der Waals surface area contributed by atoms with Crippen LogP contribution in [0.3, 0.4) is 0 Å². The highest BCUT2D eigenvalue weighted by molar-refractivity contribution is 6.31. The van der Waals surface area contributed by atoms with Crippen LogP contribution in [-0.2, 0) is 6.54 Å². The molecule has 1 amide bonds. The molecule has 0 radical (unpaired) electrons. The van der Waals surface area contributed by atoms with Gasteiger partial charge in [-0.15, -0.1) is 0 Å². The molecule has 3 N–H and O–H groups in total. The first-order valence-electron chi connectivity index (χ1n) is 6.48. The van der Waals surface area contributed by atoms with Crippen molar-refractivity contribution in [1.82, 2.24) is 9.88 Å². The van der Waals surface area contributed by atoms with E-state index in [0.29, 0.717) is 17.3 Å². The van der Waals surface area contributed by atoms with Crippen molar-refractivity contribution in [2.75, 3.05) is 6.54 Å². The molecule has 1 heterocycles. The second-order valence-corrected chi connectivity index (χ2v) is 4.81. The van der Waals surface area contributed by atoms with Gasteiger partial charge in [-0.3, -0.25) is 4.79 Å². The second-order valence-electron chi connectivity index (χ2n) is 4.38. The Morgan fingerprint density at radius 2 is 2.28 bits per heavy atom. The molecule has 102 valence electrons. The topological polar surface area (TPSA) is 60.0 Å². The third kappa shape index (κ3) is 4.03. The van der Waals surface area contributed by atoms with Gasteiger partial charge in [0.25, 0.3) is 5.91 Å². The van der Waals surface area contributed by atoms with Gasteiger partial charge in [-0.2, -0.15) is 0 Å². The van der Waals surface area contributed by atoms with Crippen LogP contribution in [0.4, 0.5) is 0 Å². The summed E-state index contributed by atoms with van der Waals surface area (Å²) in [5, 5.41) is 3.55. The molecule has 0 aliphatic rings. The smallest absolute Gasteiger partial charge is 0.268 e. The standard InChI is InChI=1S/C13H22ClN3O/c1-3-5-6-11(8-15)16-13(18)12-7-10(14)9-17(12)4-2/h7,9,11H,3-6,8,15H2,1-2H3,(H,16,18). The molecular formula is C13H22ClN3O. The number of halogens is 1. The largest absolute Gasteiger partial charge is 0.347 e. The highest BCUT2D eigenvalue weighted by Crippen LogP contribution is 2.14. The van der Waals surface area contributed by atoms with Crippen LogP contribution in [0.5, 0.6) is 0 Å². The van der Waals surface area contributed by atoms with Crippen LogP contribution in [-0.4, -0.2) is 23.1 Å². The minimum Gasteiger partial charge on any atom is -0.347 e. The van der Waals surface area contributed by atoms with Crippen molar-refractivity contribution >= 4 is 17.5 Å². The van der Waals surface area contributed by atoms with Crippen molar-refractivity contribution in [3.05, 3.63) is 23.0 Å². The Labute approximate surface area is 113 Å². The van der Waals surface area contributed by atoms with E-state index in [4.69, 9.17) is 17.3 Å². The maximum absolute atomic E-state index is 12.1. The Hall–Kier alpha value is -1.00. The van der Waals surface area contributed by atoms with Crippen LogP contribution in [0, 0.1) is 0 Å². The summed E-state index contributed by atoms with van der Waals surface area (Å²) in [5.41, 5.74) is 6.26. The van der Waals surface area contributed by atoms with Crippen molar-refractivity contribution in [3.63, 3.8) is 0 Å². The summed E-state index contributed by atoms with van der Waals surface area (Å²) in [7, 11) is 0. The Morgan fingerprint density at radius 3 is 2.83 bits per heavy atom. The van der Waals surface area contributed by atoms with E-state index in [1.165, 1.54) is 0 Å². The molecule has 18 heavy (non-hydrogen) atoms. The van der Waals surface area contributed by atoms with Crippen LogP contribution in [0.1, 0.15) is 43.6 Å². The van der Waals surface area contributed by atoms with Crippen molar-refractivity contribution in [3.8, 4) is 0 Å². The monoisotopic (exact) mass is 271 g/mol. The van der Waals surface area contributed by atoms with Gasteiger partial charge in [0.1, 0.15) is 5.69 Å². The number of nitrogens with one attached hydrogen (secondary N) is 1. The predicted molar refractivity (Wildman–Crippen MR) is 74.9 cm³/mol. The fraction of sp³-hybridized carbons (Fsp3) is 0.615. The Balaban J connectivity index is 2.68. The second kappa shape index (κ2) is 7.44. The third-order valence-electron chi connectivity index (χ3n) is 2.96. The summed E-state index contributed by atoms with van der Waals surface area (Å²) in [6.45, 7) is 5.28. The van der Waals surface area contributed by atoms with Crippen LogP contribution in [0.25, 0.3) is 0 Å². The fourth-order valence-corrected chi connectivity index (χ4v) is 2.11. The van der Waals surface area contributed by atoms with Gasteiger partial charge in [0, 0.05) is 25.3 Å². The molecule has 0 fully saturated rings. The molecule has 0 aliphatic heterocycles. The van der Waals surface area contributed by atoms with E-state index in [0.717, 1.165) is 25.8 Å². The molecule has 0 aromatic carbocycles. The number of nitrogens with two attached hydrogens (primary N) is 1. The van der Waals surface area contributed by atoms with Gasteiger partial charge in [0.2, 0.25) is 0 Å². The van der Waals surface area contributed by atoms with Crippen LogP contribution in [0.15, 0.2) is 12.3 Å². The van der Waals surface area contributed by atoms with Gasteiger partial charge in [-0.05, 0) is 19.4 Å². The fourth-order valence-electron chi connectivity index (χ4n) is 1.89. The molecule has 1 rings (SSSR count). The number of carbonyl (C=O) groups is 1. The Kier molecular flexibility index (Phi) is 6.22. The van der Waals surface area contributed by atoms with Gasteiger partial charge >= 0.3 is 0 Å². The molecule has 0 spiro atoms. The van der Waals surface area contributed by atoms with E-state index in [2.05, 4.69) is 12.2 Å². The first-order valence-corrected chi connectivity index (χ1v) is 6.86. The average Bonchev–Trinajstić information content (AvgIpc) is 2.75. The molecule has 5 heteroatoms. The number of rotatable bonds is 7. The van der Waals surface area contributed by atoms with E-state index < -0.39 is 0 Å².